The van der Waals surface area contributed by atoms with E-state index in [1.807, 2.05) is 22.4 Å². The molecule has 0 radical (unpaired) electrons. The van der Waals surface area contributed by atoms with Crippen LogP contribution in [0.15, 0.2) is 22.0 Å². The zero-order valence-electron chi connectivity index (χ0n) is 10.9. The molecule has 0 bridgehead atoms. The minimum absolute atomic E-state index is 0.422. The maximum absolute atomic E-state index is 11.2. The first-order valence-electron chi connectivity index (χ1n) is 6.57. The number of hydrogen-bond donors (Lipinski definition) is 1. The van der Waals surface area contributed by atoms with E-state index < -0.39 is 12.0 Å². The van der Waals surface area contributed by atoms with Gasteiger partial charge in [0.1, 0.15) is 6.04 Å². The molecule has 3 heterocycles. The highest BCUT2D eigenvalue weighted by Crippen LogP contribution is 2.24. The molecule has 1 atom stereocenters. The van der Waals surface area contributed by atoms with E-state index in [0.717, 1.165) is 24.3 Å². The number of carboxylic acids is 1. The predicted molar refractivity (Wildman–Crippen MR) is 73.3 cm³/mol. The highest BCUT2D eigenvalue weighted by molar-refractivity contribution is 7.13. The summed E-state index contributed by atoms with van der Waals surface area (Å²) in [7, 11) is 0. The highest BCUT2D eigenvalue weighted by atomic mass is 32.1. The van der Waals surface area contributed by atoms with E-state index in [1.165, 1.54) is 11.3 Å². The number of likely N-dealkylation sites (tertiary alicyclic amines) is 1. The lowest BCUT2D eigenvalue weighted by Gasteiger charge is -2.31. The monoisotopic (exact) mass is 293 g/mol. The molecule has 2 aromatic rings. The quantitative estimate of drug-likeness (QED) is 0.931. The molecule has 0 aliphatic carbocycles. The van der Waals surface area contributed by atoms with Gasteiger partial charge in [-0.1, -0.05) is 17.6 Å². The number of carboxylic acid groups (broad SMARTS) is 1. The van der Waals surface area contributed by atoms with Gasteiger partial charge in [0.2, 0.25) is 0 Å². The molecule has 1 aliphatic rings. The van der Waals surface area contributed by atoms with Crippen molar-refractivity contribution >= 4 is 17.3 Å². The Morgan fingerprint density at radius 1 is 1.55 bits per heavy atom. The third kappa shape index (κ3) is 2.73. The second-order valence-electron chi connectivity index (χ2n) is 4.81. The molecule has 0 saturated carbocycles. The number of carbonyl (C=O) groups is 1. The van der Waals surface area contributed by atoms with Crippen LogP contribution in [0.25, 0.3) is 10.8 Å². The molecule has 1 saturated heterocycles. The summed E-state index contributed by atoms with van der Waals surface area (Å²) < 4.78 is 5.22. The number of aliphatic carboxylic acids is 1. The van der Waals surface area contributed by atoms with Crippen LogP contribution in [0.3, 0.4) is 0 Å². The third-order valence-electron chi connectivity index (χ3n) is 3.44. The number of thiophene rings is 1. The molecule has 1 N–H and O–H groups in total. The smallest absolute Gasteiger partial charge is 0.320 e. The Hall–Kier alpha value is -1.73. The van der Waals surface area contributed by atoms with E-state index in [9.17, 15) is 9.90 Å². The van der Waals surface area contributed by atoms with Crippen molar-refractivity contribution in [2.24, 2.45) is 0 Å². The van der Waals surface area contributed by atoms with Gasteiger partial charge < -0.3 is 9.63 Å². The van der Waals surface area contributed by atoms with Gasteiger partial charge in [-0.25, -0.2) is 0 Å². The fourth-order valence-electron chi connectivity index (χ4n) is 2.46. The van der Waals surface area contributed by atoms with E-state index in [0.29, 0.717) is 24.7 Å². The fourth-order valence-corrected chi connectivity index (χ4v) is 3.10. The van der Waals surface area contributed by atoms with Gasteiger partial charge in [0.25, 0.3) is 5.89 Å². The Morgan fingerprint density at radius 3 is 3.20 bits per heavy atom. The predicted octanol–water partition coefficient (Wildman–Crippen LogP) is 2.24. The van der Waals surface area contributed by atoms with Crippen LogP contribution in [0.5, 0.6) is 0 Å². The van der Waals surface area contributed by atoms with Gasteiger partial charge in [0.15, 0.2) is 5.82 Å². The number of aromatic nitrogens is 2. The maximum atomic E-state index is 11.2. The average molecular weight is 293 g/mol. The number of hydrogen-bond acceptors (Lipinski definition) is 6. The molecule has 1 aliphatic heterocycles. The third-order valence-corrected chi connectivity index (χ3v) is 4.30. The van der Waals surface area contributed by atoms with E-state index in [4.69, 9.17) is 4.52 Å². The van der Waals surface area contributed by atoms with E-state index >= 15 is 0 Å². The summed E-state index contributed by atoms with van der Waals surface area (Å²) in [6.45, 7) is 1.19. The van der Waals surface area contributed by atoms with Crippen molar-refractivity contribution in [1.82, 2.24) is 15.0 Å². The zero-order valence-corrected chi connectivity index (χ0v) is 11.7. The Morgan fingerprint density at radius 2 is 2.45 bits per heavy atom. The second kappa shape index (κ2) is 5.72. The summed E-state index contributed by atoms with van der Waals surface area (Å²) >= 11 is 1.54. The molecule has 1 unspecified atom stereocenters. The molecule has 6 nitrogen and oxygen atoms in total. The normalized spacial score (nSPS) is 20.1. The second-order valence-corrected chi connectivity index (χ2v) is 5.76. The van der Waals surface area contributed by atoms with Crippen molar-refractivity contribution in [2.45, 2.75) is 31.8 Å². The minimum Gasteiger partial charge on any atom is -0.480 e. The fraction of sp³-hybridized carbons (Fsp3) is 0.462. The largest absolute Gasteiger partial charge is 0.480 e. The topological polar surface area (TPSA) is 79.5 Å². The van der Waals surface area contributed by atoms with Gasteiger partial charge in [0, 0.05) is 0 Å². The molecular formula is C13H15N3O3S. The molecule has 20 heavy (non-hydrogen) atoms. The summed E-state index contributed by atoms with van der Waals surface area (Å²) in [5.41, 5.74) is 0. The summed E-state index contributed by atoms with van der Waals surface area (Å²) in [6.07, 6.45) is 2.66. The molecule has 2 aromatic heterocycles. The number of piperidine rings is 1. The van der Waals surface area contributed by atoms with E-state index in [-0.39, 0.29) is 0 Å². The van der Waals surface area contributed by atoms with Crippen LogP contribution in [-0.4, -0.2) is 38.7 Å². The molecule has 0 aromatic carbocycles. The van der Waals surface area contributed by atoms with Crippen LogP contribution in [0.1, 0.15) is 25.1 Å². The summed E-state index contributed by atoms with van der Waals surface area (Å²) in [4.78, 5) is 18.4. The first-order valence-corrected chi connectivity index (χ1v) is 7.45. The Balaban J connectivity index is 1.72. The Kier molecular flexibility index (Phi) is 3.79. The molecular weight excluding hydrogens is 278 g/mol. The summed E-state index contributed by atoms with van der Waals surface area (Å²) in [5, 5.41) is 15.1. The standard InChI is InChI=1S/C13H15N3O3S/c17-13(18)9-4-1-2-6-16(9)8-11-14-12(19-15-11)10-5-3-7-20-10/h3,5,7,9H,1-2,4,6,8H2,(H,17,18). The van der Waals surface area contributed by atoms with E-state index in [1.54, 1.807) is 0 Å². The van der Waals surface area contributed by atoms with Crippen molar-refractivity contribution in [3.05, 3.63) is 23.3 Å². The van der Waals surface area contributed by atoms with Crippen molar-refractivity contribution < 1.29 is 14.4 Å². The van der Waals surface area contributed by atoms with Crippen LogP contribution >= 0.6 is 11.3 Å². The Bertz CT molecular complexity index is 581. The average Bonchev–Trinajstić information content (AvgIpc) is 3.09. The lowest BCUT2D eigenvalue weighted by atomic mass is 10.0. The van der Waals surface area contributed by atoms with Crippen molar-refractivity contribution in [3.63, 3.8) is 0 Å². The van der Waals surface area contributed by atoms with Gasteiger partial charge in [-0.2, -0.15) is 4.98 Å². The summed E-state index contributed by atoms with van der Waals surface area (Å²) in [5.74, 6) is 0.270. The SMILES string of the molecule is O=C(O)C1CCCCN1Cc1noc(-c2cccs2)n1. The van der Waals surface area contributed by atoms with Gasteiger partial charge in [0.05, 0.1) is 11.4 Å². The molecule has 106 valence electrons. The van der Waals surface area contributed by atoms with Gasteiger partial charge in [-0.05, 0) is 30.8 Å². The van der Waals surface area contributed by atoms with Crippen molar-refractivity contribution in [1.29, 1.82) is 0 Å². The van der Waals surface area contributed by atoms with Crippen LogP contribution < -0.4 is 0 Å². The molecule has 7 heteroatoms. The molecule has 1 fully saturated rings. The van der Waals surface area contributed by atoms with Crippen LogP contribution in [0.2, 0.25) is 0 Å². The van der Waals surface area contributed by atoms with Crippen LogP contribution in [0.4, 0.5) is 0 Å². The Labute approximate surface area is 120 Å². The van der Waals surface area contributed by atoms with Crippen LogP contribution in [-0.2, 0) is 11.3 Å². The highest BCUT2D eigenvalue weighted by Gasteiger charge is 2.29. The van der Waals surface area contributed by atoms with Crippen molar-refractivity contribution in [2.75, 3.05) is 6.54 Å². The summed E-state index contributed by atoms with van der Waals surface area (Å²) in [6, 6.07) is 3.41. The molecule has 0 amide bonds. The molecule has 3 rings (SSSR count). The lowest BCUT2D eigenvalue weighted by Crippen LogP contribution is -2.44. The molecule has 0 spiro atoms. The zero-order chi connectivity index (χ0) is 13.9. The van der Waals surface area contributed by atoms with Gasteiger partial charge in [-0.3, -0.25) is 9.69 Å². The first kappa shape index (κ1) is 13.3. The minimum atomic E-state index is -0.772. The number of rotatable bonds is 4. The number of nitrogens with zero attached hydrogens (tertiary/aromatic N) is 3. The van der Waals surface area contributed by atoms with Crippen LogP contribution in [0, 0.1) is 0 Å². The van der Waals surface area contributed by atoms with E-state index in [2.05, 4.69) is 10.1 Å². The lowest BCUT2D eigenvalue weighted by molar-refractivity contribution is -0.144. The van der Waals surface area contributed by atoms with Gasteiger partial charge in [-0.15, -0.1) is 11.3 Å². The van der Waals surface area contributed by atoms with Crippen molar-refractivity contribution in [3.8, 4) is 10.8 Å². The van der Waals surface area contributed by atoms with Gasteiger partial charge >= 0.3 is 5.97 Å². The first-order chi connectivity index (χ1) is 9.74. The maximum Gasteiger partial charge on any atom is 0.320 e.